The molecule has 0 spiro atoms. The minimum atomic E-state index is -0.164. The van der Waals surface area contributed by atoms with Crippen LogP contribution in [-0.4, -0.2) is 20.6 Å². The number of oxazole rings is 1. The molecular weight excluding hydrogens is 387 g/mol. The van der Waals surface area contributed by atoms with Crippen LogP contribution in [0.15, 0.2) is 59.4 Å². The highest BCUT2D eigenvalue weighted by atomic mass is 35.5. The molecule has 2 aromatic carbocycles. The Morgan fingerprint density at radius 3 is 2.85 bits per heavy atom. The molecule has 27 heavy (non-hydrogen) atoms. The summed E-state index contributed by atoms with van der Waals surface area (Å²) >= 11 is 12.1. The van der Waals surface area contributed by atoms with Crippen molar-refractivity contribution in [1.82, 2.24) is 14.6 Å². The fourth-order valence-corrected chi connectivity index (χ4v) is 3.20. The van der Waals surface area contributed by atoms with Crippen molar-refractivity contribution in [2.24, 2.45) is 0 Å². The van der Waals surface area contributed by atoms with Crippen LogP contribution in [0.2, 0.25) is 10.0 Å². The summed E-state index contributed by atoms with van der Waals surface area (Å²) in [6.45, 7) is 0. The van der Waals surface area contributed by atoms with Gasteiger partial charge < -0.3 is 4.42 Å². The van der Waals surface area contributed by atoms with Gasteiger partial charge in [-0.3, -0.25) is 10.2 Å². The quantitative estimate of drug-likeness (QED) is 0.526. The molecule has 0 unspecified atom stereocenters. The molecule has 0 fully saturated rings. The summed E-state index contributed by atoms with van der Waals surface area (Å²) in [5.41, 5.74) is 5.15. The first-order chi connectivity index (χ1) is 13.1. The molecule has 8 heteroatoms. The minimum absolute atomic E-state index is 0.164. The second-order valence-corrected chi connectivity index (χ2v) is 6.72. The number of rotatable bonds is 5. The normalized spacial score (nSPS) is 11.0. The molecule has 0 radical (unpaired) electrons. The van der Waals surface area contributed by atoms with E-state index in [9.17, 15) is 4.79 Å². The van der Waals surface area contributed by atoms with Gasteiger partial charge in [0.2, 0.25) is 5.91 Å². The molecule has 0 saturated carbocycles. The predicted molar refractivity (Wildman–Crippen MR) is 104 cm³/mol. The monoisotopic (exact) mass is 400 g/mol. The van der Waals surface area contributed by atoms with E-state index in [1.165, 1.54) is 0 Å². The Morgan fingerprint density at radius 2 is 2.00 bits per heavy atom. The first-order valence-corrected chi connectivity index (χ1v) is 8.98. The lowest BCUT2D eigenvalue weighted by molar-refractivity contribution is -0.117. The maximum Gasteiger partial charge on any atom is 0.239 e. The van der Waals surface area contributed by atoms with Gasteiger partial charge in [-0.25, -0.2) is 14.6 Å². The molecule has 0 aliphatic heterocycles. The number of benzene rings is 2. The molecule has 1 N–H and O–H groups in total. The molecule has 2 aromatic heterocycles. The average molecular weight is 401 g/mol. The number of imidazole rings is 1. The van der Waals surface area contributed by atoms with E-state index in [1.807, 2.05) is 24.3 Å². The second-order valence-electron chi connectivity index (χ2n) is 5.88. The number of hydrogen-bond acceptors (Lipinski definition) is 4. The molecule has 6 nitrogen and oxygen atoms in total. The lowest BCUT2D eigenvalue weighted by atomic mass is 10.2. The van der Waals surface area contributed by atoms with Crippen molar-refractivity contribution in [3.63, 3.8) is 0 Å². The molecule has 0 aliphatic rings. The van der Waals surface area contributed by atoms with Crippen LogP contribution in [0.3, 0.4) is 0 Å². The van der Waals surface area contributed by atoms with Gasteiger partial charge in [0, 0.05) is 23.4 Å². The zero-order valence-corrected chi connectivity index (χ0v) is 15.5. The summed E-state index contributed by atoms with van der Waals surface area (Å²) in [6, 6.07) is 12.7. The summed E-state index contributed by atoms with van der Waals surface area (Å²) in [5, 5.41) is 1.03. The van der Waals surface area contributed by atoms with E-state index in [-0.39, 0.29) is 12.3 Å². The van der Waals surface area contributed by atoms with Crippen LogP contribution >= 0.6 is 23.2 Å². The van der Waals surface area contributed by atoms with Gasteiger partial charge in [-0.05, 0) is 30.3 Å². The van der Waals surface area contributed by atoms with Gasteiger partial charge in [-0.1, -0.05) is 35.3 Å². The molecule has 0 atom stereocenters. The van der Waals surface area contributed by atoms with Crippen LogP contribution in [-0.2, 0) is 11.2 Å². The number of para-hydroxylation sites is 2. The maximum atomic E-state index is 12.2. The zero-order valence-electron chi connectivity index (χ0n) is 14.0. The third-order valence-electron chi connectivity index (χ3n) is 4.01. The third kappa shape index (κ3) is 3.82. The van der Waals surface area contributed by atoms with Crippen molar-refractivity contribution in [2.45, 2.75) is 12.8 Å². The Balaban J connectivity index is 1.40. The maximum absolute atomic E-state index is 12.2. The van der Waals surface area contributed by atoms with Crippen LogP contribution in [0.5, 0.6) is 0 Å². The molecule has 0 saturated heterocycles. The van der Waals surface area contributed by atoms with Gasteiger partial charge in [0.1, 0.15) is 6.33 Å². The number of nitrogens with one attached hydrogen (secondary N) is 1. The van der Waals surface area contributed by atoms with Gasteiger partial charge in [0.25, 0.3) is 0 Å². The Morgan fingerprint density at radius 1 is 1.15 bits per heavy atom. The largest absolute Gasteiger partial charge is 0.441 e. The van der Waals surface area contributed by atoms with Crippen molar-refractivity contribution < 1.29 is 9.21 Å². The van der Waals surface area contributed by atoms with Crippen molar-refractivity contribution in [3.05, 3.63) is 70.9 Å². The smallest absolute Gasteiger partial charge is 0.239 e. The van der Waals surface area contributed by atoms with E-state index < -0.39 is 0 Å². The SMILES string of the molecule is O=C(CCc1ncc(-c2ccc(Cl)cc2Cl)o1)Nn1cnc2ccccc21. The van der Waals surface area contributed by atoms with Crippen LogP contribution in [0.25, 0.3) is 22.4 Å². The van der Waals surface area contributed by atoms with Crippen molar-refractivity contribution in [1.29, 1.82) is 0 Å². The second kappa shape index (κ2) is 7.42. The lowest BCUT2D eigenvalue weighted by Gasteiger charge is -2.06. The first-order valence-electron chi connectivity index (χ1n) is 8.22. The Labute approximate surface area is 164 Å². The fraction of sp³-hybridized carbons (Fsp3) is 0.105. The highest BCUT2D eigenvalue weighted by Crippen LogP contribution is 2.30. The standard InChI is InChI=1S/C19H14Cl2N4O2/c20-12-5-6-13(14(21)9-12)17-10-22-19(27-17)8-7-18(26)24-25-11-23-15-3-1-2-4-16(15)25/h1-6,9-11H,7-8H2,(H,24,26). The Hall–Kier alpha value is -2.83. The zero-order chi connectivity index (χ0) is 18.8. The van der Waals surface area contributed by atoms with Gasteiger partial charge >= 0.3 is 0 Å². The highest BCUT2D eigenvalue weighted by Gasteiger charge is 2.12. The number of amides is 1. The first kappa shape index (κ1) is 17.6. The number of fused-ring (bicyclic) bond motifs is 1. The third-order valence-corrected chi connectivity index (χ3v) is 4.56. The summed E-state index contributed by atoms with van der Waals surface area (Å²) in [6.07, 6.45) is 3.75. The Kier molecular flexibility index (Phi) is 4.83. The molecule has 2 heterocycles. The molecule has 0 aliphatic carbocycles. The number of carbonyl (C=O) groups excluding carboxylic acids is 1. The topological polar surface area (TPSA) is 73.0 Å². The highest BCUT2D eigenvalue weighted by molar-refractivity contribution is 6.36. The lowest BCUT2D eigenvalue weighted by Crippen LogP contribution is -2.22. The van der Waals surface area contributed by atoms with Gasteiger partial charge in [-0.2, -0.15) is 0 Å². The van der Waals surface area contributed by atoms with E-state index in [2.05, 4.69) is 15.4 Å². The van der Waals surface area contributed by atoms with Crippen molar-refractivity contribution in [3.8, 4) is 11.3 Å². The summed E-state index contributed by atoms with van der Waals surface area (Å²) in [5.74, 6) is 0.830. The van der Waals surface area contributed by atoms with Gasteiger partial charge in [0.15, 0.2) is 11.7 Å². The predicted octanol–water partition coefficient (Wildman–Crippen LogP) is 4.70. The summed E-state index contributed by atoms with van der Waals surface area (Å²) < 4.78 is 7.31. The number of aryl methyl sites for hydroxylation is 1. The molecule has 4 rings (SSSR count). The molecule has 4 aromatic rings. The number of aromatic nitrogens is 3. The summed E-state index contributed by atoms with van der Waals surface area (Å²) in [4.78, 5) is 20.7. The number of hydrogen-bond donors (Lipinski definition) is 1. The molecule has 136 valence electrons. The number of carbonyl (C=O) groups is 1. The Bertz CT molecular complexity index is 1120. The molecular formula is C19H14Cl2N4O2. The average Bonchev–Trinajstić information content (AvgIpc) is 3.28. The van der Waals surface area contributed by atoms with Crippen LogP contribution < -0.4 is 5.43 Å². The summed E-state index contributed by atoms with van der Waals surface area (Å²) in [7, 11) is 0. The van der Waals surface area contributed by atoms with Gasteiger partial charge in [0.05, 0.1) is 22.3 Å². The fourth-order valence-electron chi connectivity index (χ4n) is 2.70. The number of nitrogens with zero attached hydrogens (tertiary/aromatic N) is 3. The van der Waals surface area contributed by atoms with E-state index in [0.717, 1.165) is 11.0 Å². The van der Waals surface area contributed by atoms with Crippen LogP contribution in [0.1, 0.15) is 12.3 Å². The molecule has 1 amide bonds. The van der Waals surface area contributed by atoms with Crippen LogP contribution in [0, 0.1) is 0 Å². The minimum Gasteiger partial charge on any atom is -0.441 e. The van der Waals surface area contributed by atoms with E-state index >= 15 is 0 Å². The van der Waals surface area contributed by atoms with Crippen molar-refractivity contribution in [2.75, 3.05) is 5.43 Å². The number of halogens is 2. The van der Waals surface area contributed by atoms with Crippen LogP contribution in [0.4, 0.5) is 0 Å². The van der Waals surface area contributed by atoms with Gasteiger partial charge in [-0.15, -0.1) is 0 Å². The molecule has 0 bridgehead atoms. The van der Waals surface area contributed by atoms with E-state index in [4.69, 9.17) is 27.6 Å². The van der Waals surface area contributed by atoms with Crippen molar-refractivity contribution >= 4 is 40.1 Å². The van der Waals surface area contributed by atoms with E-state index in [0.29, 0.717) is 33.7 Å². The van der Waals surface area contributed by atoms with E-state index in [1.54, 1.807) is 35.4 Å².